The second-order valence-corrected chi connectivity index (χ2v) is 10.3. The lowest BCUT2D eigenvalue weighted by Gasteiger charge is -2.17. The molecular weight excluding hydrogens is 502 g/mol. The van der Waals surface area contributed by atoms with Crippen LogP contribution in [-0.2, 0) is 21.4 Å². The molecule has 1 amide bonds. The monoisotopic (exact) mass is 531 g/mol. The van der Waals surface area contributed by atoms with Gasteiger partial charge >= 0.3 is 0 Å². The molecule has 0 aliphatic rings. The van der Waals surface area contributed by atoms with Crippen molar-refractivity contribution in [2.45, 2.75) is 25.3 Å². The van der Waals surface area contributed by atoms with Gasteiger partial charge in [-0.1, -0.05) is 29.8 Å². The van der Waals surface area contributed by atoms with Crippen molar-refractivity contribution in [2.75, 3.05) is 22.5 Å². The van der Waals surface area contributed by atoms with E-state index < -0.39 is 10.0 Å². The summed E-state index contributed by atoms with van der Waals surface area (Å²) in [5.74, 6) is 1.60. The van der Waals surface area contributed by atoms with Crippen LogP contribution in [-0.4, -0.2) is 21.4 Å². The Morgan fingerprint density at radius 3 is 2.05 bits per heavy atom. The molecule has 4 rings (SSSR count). The van der Waals surface area contributed by atoms with E-state index in [1.165, 1.54) is 6.92 Å². The number of sulfonamides is 1. The number of benzene rings is 4. The molecule has 0 bridgehead atoms. The zero-order valence-electron chi connectivity index (χ0n) is 21.3. The van der Waals surface area contributed by atoms with Gasteiger partial charge < -0.3 is 20.1 Å². The first-order valence-corrected chi connectivity index (χ1v) is 13.4. The van der Waals surface area contributed by atoms with E-state index in [1.807, 2.05) is 31.2 Å². The molecule has 0 fully saturated rings. The Balaban J connectivity index is 1.58. The second kappa shape index (κ2) is 11.7. The van der Waals surface area contributed by atoms with Gasteiger partial charge in [-0.15, -0.1) is 0 Å². The number of carbonyl (C=O) groups is 1. The summed E-state index contributed by atoms with van der Waals surface area (Å²) in [7, 11) is -2.26. The highest BCUT2D eigenvalue weighted by molar-refractivity contribution is 7.92. The highest BCUT2D eigenvalue weighted by Gasteiger charge is 2.17. The molecule has 38 heavy (non-hydrogen) atoms. The predicted octanol–water partition coefficient (Wildman–Crippen LogP) is 6.17. The Labute approximate surface area is 222 Å². The number of anilines is 3. The van der Waals surface area contributed by atoms with Crippen molar-refractivity contribution in [1.82, 2.24) is 0 Å². The van der Waals surface area contributed by atoms with E-state index in [4.69, 9.17) is 9.47 Å². The quantitative estimate of drug-likeness (QED) is 0.226. The third-order valence-electron chi connectivity index (χ3n) is 5.62. The Hall–Kier alpha value is -4.50. The maximum absolute atomic E-state index is 13.2. The van der Waals surface area contributed by atoms with E-state index in [0.717, 1.165) is 11.1 Å². The summed E-state index contributed by atoms with van der Waals surface area (Å²) in [6.45, 7) is 3.78. The molecule has 0 heterocycles. The molecule has 4 aromatic rings. The Kier molecular flexibility index (Phi) is 8.18. The Morgan fingerprint density at radius 2 is 1.42 bits per heavy atom. The summed E-state index contributed by atoms with van der Waals surface area (Å²) in [5, 5.41) is 6.03. The van der Waals surface area contributed by atoms with Crippen LogP contribution >= 0.6 is 0 Å². The van der Waals surface area contributed by atoms with Crippen molar-refractivity contribution in [3.8, 4) is 17.2 Å². The van der Waals surface area contributed by atoms with Gasteiger partial charge in [-0.2, -0.15) is 0 Å². The lowest BCUT2D eigenvalue weighted by Crippen LogP contribution is -2.14. The molecule has 8 nitrogen and oxygen atoms in total. The van der Waals surface area contributed by atoms with Gasteiger partial charge in [0.2, 0.25) is 5.91 Å². The SMILES string of the molecule is COc1ccc(Oc2ccc(NCc3ccc(NC(C)=O)cc3)c(NS(=O)(=O)c3ccc(C)cc3)c2)cc1. The Morgan fingerprint density at radius 1 is 0.789 bits per heavy atom. The molecular formula is C29H29N3O5S. The van der Waals surface area contributed by atoms with Crippen molar-refractivity contribution in [3.05, 3.63) is 102 Å². The zero-order valence-corrected chi connectivity index (χ0v) is 22.1. The van der Waals surface area contributed by atoms with Crippen LogP contribution in [0.5, 0.6) is 17.2 Å². The van der Waals surface area contributed by atoms with Gasteiger partial charge in [-0.25, -0.2) is 8.42 Å². The highest BCUT2D eigenvalue weighted by Crippen LogP contribution is 2.33. The maximum Gasteiger partial charge on any atom is 0.261 e. The first-order chi connectivity index (χ1) is 18.2. The third-order valence-corrected chi connectivity index (χ3v) is 7.00. The molecule has 0 aliphatic carbocycles. The molecule has 196 valence electrons. The smallest absolute Gasteiger partial charge is 0.261 e. The lowest BCUT2D eigenvalue weighted by atomic mass is 10.2. The van der Waals surface area contributed by atoms with Gasteiger partial charge in [0.25, 0.3) is 10.0 Å². The number of hydrogen-bond donors (Lipinski definition) is 3. The zero-order chi connectivity index (χ0) is 27.1. The fourth-order valence-electron chi connectivity index (χ4n) is 3.63. The van der Waals surface area contributed by atoms with Crippen LogP contribution in [0.3, 0.4) is 0 Å². The summed E-state index contributed by atoms with van der Waals surface area (Å²) < 4.78 is 40.2. The minimum Gasteiger partial charge on any atom is -0.497 e. The van der Waals surface area contributed by atoms with E-state index >= 15 is 0 Å². The van der Waals surface area contributed by atoms with Crippen LogP contribution in [0.2, 0.25) is 0 Å². The van der Waals surface area contributed by atoms with Crippen LogP contribution in [0.4, 0.5) is 17.1 Å². The first-order valence-electron chi connectivity index (χ1n) is 11.9. The summed E-state index contributed by atoms with van der Waals surface area (Å²) in [4.78, 5) is 11.4. The molecule has 0 atom stereocenters. The molecule has 0 radical (unpaired) electrons. The topological polar surface area (TPSA) is 106 Å². The molecule has 0 unspecified atom stereocenters. The standard InChI is InChI=1S/C29H29N3O5S/c1-20-4-15-27(16-5-20)38(34,35)32-29-18-26(37-25-12-10-24(36-3)11-13-25)14-17-28(29)30-19-22-6-8-23(9-7-22)31-21(2)33/h4-18,30,32H,19H2,1-3H3,(H,31,33). The Bertz CT molecular complexity index is 1500. The minimum absolute atomic E-state index is 0.140. The highest BCUT2D eigenvalue weighted by atomic mass is 32.2. The third kappa shape index (κ3) is 7.04. The first kappa shape index (κ1) is 26.6. The van der Waals surface area contributed by atoms with Gasteiger partial charge in [0.05, 0.1) is 23.4 Å². The van der Waals surface area contributed by atoms with Crippen LogP contribution in [0.15, 0.2) is 95.9 Å². The molecule has 0 saturated heterocycles. The minimum atomic E-state index is -3.85. The average Bonchev–Trinajstić information content (AvgIpc) is 2.89. The van der Waals surface area contributed by atoms with Crippen molar-refractivity contribution in [3.63, 3.8) is 0 Å². The number of nitrogens with one attached hydrogen (secondary N) is 3. The van der Waals surface area contributed by atoms with E-state index in [0.29, 0.717) is 40.9 Å². The summed E-state index contributed by atoms with van der Waals surface area (Å²) in [6, 6.07) is 26.3. The predicted molar refractivity (Wildman–Crippen MR) is 150 cm³/mol. The van der Waals surface area contributed by atoms with Crippen molar-refractivity contribution in [1.29, 1.82) is 0 Å². The molecule has 4 aromatic carbocycles. The van der Waals surface area contributed by atoms with Crippen molar-refractivity contribution < 1.29 is 22.7 Å². The number of ether oxygens (including phenoxy) is 2. The molecule has 0 aliphatic heterocycles. The number of aryl methyl sites for hydroxylation is 1. The number of rotatable bonds is 10. The summed E-state index contributed by atoms with van der Waals surface area (Å²) >= 11 is 0. The van der Waals surface area contributed by atoms with Gasteiger partial charge in [0.1, 0.15) is 17.2 Å². The van der Waals surface area contributed by atoms with Crippen molar-refractivity contribution in [2.24, 2.45) is 0 Å². The second-order valence-electron chi connectivity index (χ2n) is 8.64. The largest absolute Gasteiger partial charge is 0.497 e. The van der Waals surface area contributed by atoms with Gasteiger partial charge in [0, 0.05) is 25.2 Å². The van der Waals surface area contributed by atoms with Crippen LogP contribution in [0.1, 0.15) is 18.1 Å². The van der Waals surface area contributed by atoms with Crippen LogP contribution in [0, 0.1) is 6.92 Å². The van der Waals surface area contributed by atoms with E-state index in [1.54, 1.807) is 73.8 Å². The van der Waals surface area contributed by atoms with E-state index in [2.05, 4.69) is 15.4 Å². The van der Waals surface area contributed by atoms with Crippen LogP contribution < -0.4 is 24.8 Å². The maximum atomic E-state index is 13.2. The number of methoxy groups -OCH3 is 1. The van der Waals surface area contributed by atoms with Crippen molar-refractivity contribution >= 4 is 33.0 Å². The molecule has 3 N–H and O–H groups in total. The van der Waals surface area contributed by atoms with E-state index in [-0.39, 0.29) is 10.8 Å². The molecule has 0 saturated carbocycles. The fraction of sp³-hybridized carbons (Fsp3) is 0.138. The fourth-order valence-corrected chi connectivity index (χ4v) is 4.70. The molecule has 9 heteroatoms. The average molecular weight is 532 g/mol. The molecule has 0 aromatic heterocycles. The van der Waals surface area contributed by atoms with E-state index in [9.17, 15) is 13.2 Å². The van der Waals surface area contributed by atoms with Crippen LogP contribution in [0.25, 0.3) is 0 Å². The molecule has 0 spiro atoms. The number of hydrogen-bond acceptors (Lipinski definition) is 6. The van der Waals surface area contributed by atoms with Gasteiger partial charge in [-0.3, -0.25) is 9.52 Å². The summed E-state index contributed by atoms with van der Waals surface area (Å²) in [6.07, 6.45) is 0. The number of amides is 1. The summed E-state index contributed by atoms with van der Waals surface area (Å²) in [5.41, 5.74) is 3.53. The number of carbonyl (C=O) groups excluding carboxylic acids is 1. The van der Waals surface area contributed by atoms with Gasteiger partial charge in [0.15, 0.2) is 0 Å². The normalized spacial score (nSPS) is 10.9. The van der Waals surface area contributed by atoms with Gasteiger partial charge in [-0.05, 0) is 73.2 Å². The lowest BCUT2D eigenvalue weighted by molar-refractivity contribution is -0.114.